The molecule has 8 nitrogen and oxygen atoms in total. The van der Waals surface area contributed by atoms with E-state index in [0.717, 1.165) is 16.0 Å². The van der Waals surface area contributed by atoms with Crippen LogP contribution in [0, 0.1) is 13.8 Å². The summed E-state index contributed by atoms with van der Waals surface area (Å²) in [6.45, 7) is 5.56. The number of anilines is 2. The molecular weight excluding hydrogens is 531 g/mol. The largest absolute Gasteiger partial charge is 0.462 e. The lowest BCUT2D eigenvalue weighted by Gasteiger charge is -2.15. The van der Waals surface area contributed by atoms with E-state index in [1.165, 1.54) is 36.4 Å². The van der Waals surface area contributed by atoms with Crippen LogP contribution in [-0.2, 0) is 14.3 Å². The number of amides is 2. The number of carbonyl (C=O) groups is 4. The minimum Gasteiger partial charge on any atom is -0.462 e. The van der Waals surface area contributed by atoms with Crippen LogP contribution in [0.4, 0.5) is 11.4 Å². The maximum atomic E-state index is 13.0. The fraction of sp³-hybridized carbons (Fsp3) is 0.143. The van der Waals surface area contributed by atoms with Crippen molar-refractivity contribution < 1.29 is 28.7 Å². The smallest absolute Gasteiger partial charge is 0.343 e. The van der Waals surface area contributed by atoms with E-state index in [1.807, 2.05) is 13.8 Å². The molecule has 0 radical (unpaired) electrons. The van der Waals surface area contributed by atoms with Gasteiger partial charge >= 0.3 is 11.9 Å². The first-order valence-electron chi connectivity index (χ1n) is 11.5. The summed E-state index contributed by atoms with van der Waals surface area (Å²) in [6.07, 6.45) is 0. The Balaban J connectivity index is 1.46. The fourth-order valence-electron chi connectivity index (χ4n) is 3.77. The number of hydrogen-bond acceptors (Lipinski definition) is 7. The Morgan fingerprint density at radius 2 is 1.39 bits per heavy atom. The van der Waals surface area contributed by atoms with Gasteiger partial charge in [-0.15, -0.1) is 0 Å². The van der Waals surface area contributed by atoms with Crippen LogP contribution in [0.5, 0.6) is 5.75 Å². The Morgan fingerprint density at radius 3 is 1.97 bits per heavy atom. The summed E-state index contributed by atoms with van der Waals surface area (Å²) in [6, 6.07) is 15.3. The van der Waals surface area contributed by atoms with Crippen LogP contribution in [0.3, 0.4) is 0 Å². The summed E-state index contributed by atoms with van der Waals surface area (Å²) in [5.41, 5.74) is 2.69. The number of halogens is 2. The van der Waals surface area contributed by atoms with E-state index < -0.39 is 23.8 Å². The van der Waals surface area contributed by atoms with Crippen LogP contribution in [0.15, 0.2) is 71.4 Å². The molecule has 0 unspecified atom stereocenters. The quantitative estimate of drug-likeness (QED) is 0.225. The van der Waals surface area contributed by atoms with Gasteiger partial charge in [0, 0.05) is 10.7 Å². The lowest BCUT2D eigenvalue weighted by molar-refractivity contribution is -0.120. The second-order valence-corrected chi connectivity index (χ2v) is 9.12. The number of aryl methyl sites for hydroxylation is 2. The molecule has 1 heterocycles. The van der Waals surface area contributed by atoms with Gasteiger partial charge in [-0.05, 0) is 92.6 Å². The number of rotatable bonds is 7. The molecule has 0 saturated carbocycles. The summed E-state index contributed by atoms with van der Waals surface area (Å²) >= 11 is 12.4. The Labute approximate surface area is 228 Å². The average molecular weight is 553 g/mol. The molecule has 0 bridgehead atoms. The highest BCUT2D eigenvalue weighted by atomic mass is 35.5. The zero-order valence-corrected chi connectivity index (χ0v) is 22.1. The molecule has 10 heteroatoms. The molecule has 4 rings (SSSR count). The Hall–Kier alpha value is -4.14. The summed E-state index contributed by atoms with van der Waals surface area (Å²) in [7, 11) is 0. The van der Waals surface area contributed by atoms with E-state index in [4.69, 9.17) is 32.7 Å². The third-order valence-corrected chi connectivity index (χ3v) is 6.62. The lowest BCUT2D eigenvalue weighted by Crippen LogP contribution is -2.32. The first-order valence-corrected chi connectivity index (χ1v) is 12.3. The molecule has 2 amide bonds. The van der Waals surface area contributed by atoms with Crippen molar-refractivity contribution in [3.63, 3.8) is 0 Å². The lowest BCUT2D eigenvalue weighted by atomic mass is 10.1. The molecule has 0 spiro atoms. The van der Waals surface area contributed by atoms with Crippen LogP contribution >= 0.6 is 23.2 Å². The van der Waals surface area contributed by atoms with Crippen molar-refractivity contribution in [2.45, 2.75) is 20.8 Å². The number of benzene rings is 3. The summed E-state index contributed by atoms with van der Waals surface area (Å²) in [5, 5.41) is 3.17. The van der Waals surface area contributed by atoms with Crippen molar-refractivity contribution >= 4 is 58.3 Å². The van der Waals surface area contributed by atoms with Gasteiger partial charge < -0.3 is 14.8 Å². The molecular formula is C28H22Cl2N2O6. The van der Waals surface area contributed by atoms with Crippen molar-refractivity contribution in [3.8, 4) is 5.75 Å². The third kappa shape index (κ3) is 5.41. The fourth-order valence-corrected chi connectivity index (χ4v) is 4.09. The Morgan fingerprint density at radius 1 is 0.842 bits per heavy atom. The van der Waals surface area contributed by atoms with Gasteiger partial charge in [0.25, 0.3) is 11.8 Å². The molecule has 0 aromatic heterocycles. The van der Waals surface area contributed by atoms with Crippen LogP contribution in [0.1, 0.15) is 38.8 Å². The van der Waals surface area contributed by atoms with Gasteiger partial charge in [0.1, 0.15) is 16.5 Å². The van der Waals surface area contributed by atoms with E-state index in [9.17, 15) is 19.2 Å². The molecule has 1 N–H and O–H groups in total. The number of ether oxygens (including phenoxy) is 2. The molecule has 1 aliphatic heterocycles. The van der Waals surface area contributed by atoms with Crippen molar-refractivity contribution in [2.75, 3.05) is 16.8 Å². The Kier molecular flexibility index (Phi) is 7.85. The molecule has 0 fully saturated rings. The normalized spacial score (nSPS) is 13.1. The number of esters is 2. The van der Waals surface area contributed by atoms with E-state index >= 15 is 0 Å². The van der Waals surface area contributed by atoms with Gasteiger partial charge in [0.2, 0.25) is 0 Å². The number of carbonyl (C=O) groups excluding carboxylic acids is 4. The highest BCUT2D eigenvalue weighted by Gasteiger charge is 2.39. The SMILES string of the molecule is CCOC(=O)c1ccc(N2C(=O)C(Cl)=C(Nc3ccc(C(=O)Oc4cc(C)c(Cl)c(C)c4)cc3)C2=O)cc1. The van der Waals surface area contributed by atoms with Crippen molar-refractivity contribution in [2.24, 2.45) is 0 Å². The third-order valence-electron chi connectivity index (χ3n) is 5.67. The number of nitrogens with zero attached hydrogens (tertiary/aromatic N) is 1. The first-order chi connectivity index (χ1) is 18.1. The molecule has 38 heavy (non-hydrogen) atoms. The van der Waals surface area contributed by atoms with Gasteiger partial charge in [-0.25, -0.2) is 14.5 Å². The molecule has 3 aromatic carbocycles. The standard InChI is InChI=1S/C28H22Cl2N2O6/c1-4-37-27(35)17-7-11-20(12-8-17)32-25(33)23(30)24(26(32)34)31-19-9-5-18(6-10-19)28(36)38-21-13-15(2)22(29)16(3)14-21/h5-14,31H,4H2,1-3H3. The van der Waals surface area contributed by atoms with Gasteiger partial charge in [0.15, 0.2) is 0 Å². The average Bonchev–Trinajstić information content (AvgIpc) is 3.10. The maximum Gasteiger partial charge on any atom is 0.343 e. The highest BCUT2D eigenvalue weighted by molar-refractivity contribution is 6.53. The minimum absolute atomic E-state index is 0.117. The number of hydrogen-bond donors (Lipinski definition) is 1. The summed E-state index contributed by atoms with van der Waals surface area (Å²) in [4.78, 5) is 51.1. The molecule has 0 aliphatic carbocycles. The second kappa shape index (κ2) is 11.1. The van der Waals surface area contributed by atoms with Crippen LogP contribution in [0.2, 0.25) is 5.02 Å². The van der Waals surface area contributed by atoms with E-state index in [-0.39, 0.29) is 34.2 Å². The van der Waals surface area contributed by atoms with Crippen LogP contribution in [0.25, 0.3) is 0 Å². The summed E-state index contributed by atoms with van der Waals surface area (Å²) in [5.74, 6) is -2.08. The maximum absolute atomic E-state index is 13.0. The predicted molar refractivity (Wildman–Crippen MR) is 144 cm³/mol. The second-order valence-electron chi connectivity index (χ2n) is 8.36. The zero-order valence-electron chi connectivity index (χ0n) is 20.6. The topological polar surface area (TPSA) is 102 Å². The van der Waals surface area contributed by atoms with Gasteiger partial charge in [-0.3, -0.25) is 9.59 Å². The molecule has 3 aromatic rings. The zero-order chi connectivity index (χ0) is 27.6. The van der Waals surface area contributed by atoms with E-state index in [2.05, 4.69) is 5.32 Å². The molecule has 0 atom stereocenters. The number of nitrogens with one attached hydrogen (secondary N) is 1. The predicted octanol–water partition coefficient (Wildman–Crippen LogP) is 5.79. The van der Waals surface area contributed by atoms with Crippen molar-refractivity contribution in [1.82, 2.24) is 0 Å². The minimum atomic E-state index is -0.711. The van der Waals surface area contributed by atoms with Crippen LogP contribution < -0.4 is 15.0 Å². The monoisotopic (exact) mass is 552 g/mol. The van der Waals surface area contributed by atoms with E-state index in [1.54, 1.807) is 31.2 Å². The first kappa shape index (κ1) is 26.9. The van der Waals surface area contributed by atoms with Crippen molar-refractivity contribution in [1.29, 1.82) is 0 Å². The number of imide groups is 1. The van der Waals surface area contributed by atoms with Gasteiger partial charge in [0.05, 0.1) is 23.4 Å². The van der Waals surface area contributed by atoms with Gasteiger partial charge in [-0.2, -0.15) is 0 Å². The van der Waals surface area contributed by atoms with Crippen molar-refractivity contribution in [3.05, 3.63) is 98.7 Å². The van der Waals surface area contributed by atoms with E-state index in [0.29, 0.717) is 16.5 Å². The van der Waals surface area contributed by atoms with Crippen LogP contribution in [-0.4, -0.2) is 30.4 Å². The summed E-state index contributed by atoms with van der Waals surface area (Å²) < 4.78 is 10.4. The Bertz CT molecular complexity index is 1460. The highest BCUT2D eigenvalue weighted by Crippen LogP contribution is 2.31. The molecule has 194 valence electrons. The van der Waals surface area contributed by atoms with Gasteiger partial charge in [-0.1, -0.05) is 23.2 Å². The molecule has 1 aliphatic rings. The molecule has 0 saturated heterocycles.